The third-order valence-corrected chi connectivity index (χ3v) is 4.37. The molecule has 0 aliphatic rings. The molecule has 1 aromatic heterocycles. The van der Waals surface area contributed by atoms with E-state index in [0.717, 1.165) is 5.69 Å². The second-order valence-corrected chi connectivity index (χ2v) is 6.62. The average molecular weight is 403 g/mol. The molecule has 0 unspecified atom stereocenters. The van der Waals surface area contributed by atoms with Crippen molar-refractivity contribution in [2.45, 2.75) is 46.6 Å². The van der Waals surface area contributed by atoms with Gasteiger partial charge >= 0.3 is 5.97 Å². The standard InChI is InChI=1S/C21H29N3O5/c1-6-27-17-10-7-8-11-18(17)28-13-9-12-19(25)29-16(4)21(26)22-20-14(2)23-24(5)15(20)3/h7-8,10-11,16H,6,9,12-13H2,1-5H3,(H,22,26)/t16-/m1/s1. The Hall–Kier alpha value is -3.03. The minimum atomic E-state index is -0.902. The SMILES string of the molecule is CCOc1ccccc1OCCCC(=O)O[C@H](C)C(=O)Nc1c(C)nn(C)c1C. The van der Waals surface area contributed by atoms with Crippen molar-refractivity contribution < 1.29 is 23.8 Å². The molecule has 1 aromatic carbocycles. The Morgan fingerprint density at radius 1 is 1.17 bits per heavy atom. The summed E-state index contributed by atoms with van der Waals surface area (Å²) in [4.78, 5) is 24.3. The topological polar surface area (TPSA) is 91.7 Å². The summed E-state index contributed by atoms with van der Waals surface area (Å²) >= 11 is 0. The molecule has 0 aliphatic carbocycles. The van der Waals surface area contributed by atoms with Crippen LogP contribution in [-0.4, -0.2) is 41.0 Å². The van der Waals surface area contributed by atoms with Gasteiger partial charge in [0.1, 0.15) is 0 Å². The summed E-state index contributed by atoms with van der Waals surface area (Å²) in [5.41, 5.74) is 2.18. The molecule has 1 N–H and O–H groups in total. The van der Waals surface area contributed by atoms with Crippen molar-refractivity contribution in [3.63, 3.8) is 0 Å². The van der Waals surface area contributed by atoms with E-state index in [1.165, 1.54) is 0 Å². The molecule has 0 aliphatic heterocycles. The predicted molar refractivity (Wildman–Crippen MR) is 109 cm³/mol. The summed E-state index contributed by atoms with van der Waals surface area (Å²) in [7, 11) is 1.80. The van der Waals surface area contributed by atoms with Crippen molar-refractivity contribution in [2.24, 2.45) is 7.05 Å². The number of ether oxygens (including phenoxy) is 3. The summed E-state index contributed by atoms with van der Waals surface area (Å²) in [6, 6.07) is 7.38. The van der Waals surface area contributed by atoms with Crippen molar-refractivity contribution in [1.29, 1.82) is 0 Å². The molecule has 8 heteroatoms. The van der Waals surface area contributed by atoms with Crippen LogP contribution in [0.1, 0.15) is 38.1 Å². The number of hydrogen-bond acceptors (Lipinski definition) is 6. The Kier molecular flexibility index (Phi) is 8.06. The van der Waals surface area contributed by atoms with Gasteiger partial charge in [0.05, 0.1) is 30.3 Å². The fourth-order valence-electron chi connectivity index (χ4n) is 2.73. The van der Waals surface area contributed by atoms with Gasteiger partial charge in [0.2, 0.25) is 0 Å². The number of aromatic nitrogens is 2. The van der Waals surface area contributed by atoms with Crippen molar-refractivity contribution in [2.75, 3.05) is 18.5 Å². The molecule has 1 amide bonds. The normalized spacial score (nSPS) is 11.6. The zero-order chi connectivity index (χ0) is 21.4. The first kappa shape index (κ1) is 22.3. The van der Waals surface area contributed by atoms with E-state index in [1.807, 2.05) is 45.0 Å². The number of aryl methyl sites for hydroxylation is 2. The molecule has 0 radical (unpaired) electrons. The van der Waals surface area contributed by atoms with Gasteiger partial charge in [0.15, 0.2) is 17.6 Å². The van der Waals surface area contributed by atoms with Crippen LogP contribution in [0, 0.1) is 13.8 Å². The molecule has 0 fully saturated rings. The van der Waals surface area contributed by atoms with Gasteiger partial charge in [-0.2, -0.15) is 5.10 Å². The van der Waals surface area contributed by atoms with Gasteiger partial charge in [-0.25, -0.2) is 0 Å². The molecule has 29 heavy (non-hydrogen) atoms. The van der Waals surface area contributed by atoms with Crippen molar-refractivity contribution in [3.05, 3.63) is 35.7 Å². The molecule has 2 aromatic rings. The van der Waals surface area contributed by atoms with Crippen LogP contribution in [0.3, 0.4) is 0 Å². The number of amides is 1. The maximum atomic E-state index is 12.3. The Morgan fingerprint density at radius 3 is 2.41 bits per heavy atom. The minimum absolute atomic E-state index is 0.152. The van der Waals surface area contributed by atoms with Gasteiger partial charge in [0, 0.05) is 13.5 Å². The van der Waals surface area contributed by atoms with Crippen molar-refractivity contribution in [1.82, 2.24) is 9.78 Å². The molecule has 1 atom stereocenters. The van der Waals surface area contributed by atoms with E-state index >= 15 is 0 Å². The van der Waals surface area contributed by atoms with Gasteiger partial charge in [-0.3, -0.25) is 14.3 Å². The Labute approximate surface area is 171 Å². The highest BCUT2D eigenvalue weighted by molar-refractivity contribution is 5.96. The van der Waals surface area contributed by atoms with E-state index in [2.05, 4.69) is 10.4 Å². The quantitative estimate of drug-likeness (QED) is 0.484. The van der Waals surface area contributed by atoms with Crippen LogP contribution in [0.2, 0.25) is 0 Å². The van der Waals surface area contributed by atoms with E-state index in [4.69, 9.17) is 14.2 Å². The first-order valence-electron chi connectivity index (χ1n) is 9.68. The lowest BCUT2D eigenvalue weighted by Gasteiger charge is -2.14. The number of hydrogen-bond donors (Lipinski definition) is 1. The monoisotopic (exact) mass is 403 g/mol. The fourth-order valence-corrected chi connectivity index (χ4v) is 2.73. The van der Waals surface area contributed by atoms with Crippen LogP contribution >= 0.6 is 0 Å². The van der Waals surface area contributed by atoms with Gasteiger partial charge in [-0.05, 0) is 46.2 Å². The maximum absolute atomic E-state index is 12.3. The van der Waals surface area contributed by atoms with Gasteiger partial charge in [-0.15, -0.1) is 0 Å². The van der Waals surface area contributed by atoms with Crippen LogP contribution in [0.15, 0.2) is 24.3 Å². The van der Waals surface area contributed by atoms with E-state index < -0.39 is 12.1 Å². The third kappa shape index (κ3) is 6.23. The van der Waals surface area contributed by atoms with E-state index in [1.54, 1.807) is 18.7 Å². The smallest absolute Gasteiger partial charge is 0.306 e. The highest BCUT2D eigenvalue weighted by Crippen LogP contribution is 2.26. The van der Waals surface area contributed by atoms with Crippen LogP contribution in [-0.2, 0) is 21.4 Å². The molecular weight excluding hydrogens is 374 g/mol. The Balaban J connectivity index is 1.75. The van der Waals surface area contributed by atoms with Gasteiger partial charge in [-0.1, -0.05) is 12.1 Å². The lowest BCUT2D eigenvalue weighted by atomic mass is 10.2. The largest absolute Gasteiger partial charge is 0.490 e. The number of anilines is 1. The molecule has 2 rings (SSSR count). The number of nitrogens with one attached hydrogen (secondary N) is 1. The lowest BCUT2D eigenvalue weighted by molar-refractivity contribution is -0.153. The Bertz CT molecular complexity index is 847. The second-order valence-electron chi connectivity index (χ2n) is 6.62. The first-order chi connectivity index (χ1) is 13.8. The number of nitrogens with zero attached hydrogens (tertiary/aromatic N) is 2. The first-order valence-corrected chi connectivity index (χ1v) is 9.68. The number of carbonyl (C=O) groups excluding carboxylic acids is 2. The number of rotatable bonds is 10. The van der Waals surface area contributed by atoms with Gasteiger partial charge < -0.3 is 19.5 Å². The number of esters is 1. The van der Waals surface area contributed by atoms with Gasteiger partial charge in [0.25, 0.3) is 5.91 Å². The number of benzene rings is 1. The van der Waals surface area contributed by atoms with Crippen molar-refractivity contribution in [3.8, 4) is 11.5 Å². The van der Waals surface area contributed by atoms with E-state index in [-0.39, 0.29) is 12.3 Å². The molecule has 1 heterocycles. The predicted octanol–water partition coefficient (Wildman–Crippen LogP) is 3.17. The van der Waals surface area contributed by atoms with Crippen LogP contribution in [0.25, 0.3) is 0 Å². The molecular formula is C21H29N3O5. The van der Waals surface area contributed by atoms with Crippen molar-refractivity contribution >= 4 is 17.6 Å². The lowest BCUT2D eigenvalue weighted by Crippen LogP contribution is -2.30. The van der Waals surface area contributed by atoms with Crippen LogP contribution in [0.4, 0.5) is 5.69 Å². The second kappa shape index (κ2) is 10.5. The summed E-state index contributed by atoms with van der Waals surface area (Å²) in [5.74, 6) is 0.468. The molecule has 158 valence electrons. The third-order valence-electron chi connectivity index (χ3n) is 4.37. The molecule has 0 bridgehead atoms. The molecule has 0 spiro atoms. The summed E-state index contributed by atoms with van der Waals surface area (Å²) in [5, 5.41) is 7.02. The maximum Gasteiger partial charge on any atom is 0.306 e. The molecule has 8 nitrogen and oxygen atoms in total. The highest BCUT2D eigenvalue weighted by Gasteiger charge is 2.20. The highest BCUT2D eigenvalue weighted by atomic mass is 16.5. The van der Waals surface area contributed by atoms with Crippen LogP contribution in [0.5, 0.6) is 11.5 Å². The molecule has 0 saturated carbocycles. The van der Waals surface area contributed by atoms with Crippen LogP contribution < -0.4 is 14.8 Å². The van der Waals surface area contributed by atoms with E-state index in [9.17, 15) is 9.59 Å². The zero-order valence-electron chi connectivity index (χ0n) is 17.7. The summed E-state index contributed by atoms with van der Waals surface area (Å²) in [6.45, 7) is 8.00. The molecule has 0 saturated heterocycles. The number of carbonyl (C=O) groups is 2. The number of para-hydroxylation sites is 2. The Morgan fingerprint density at radius 2 is 1.83 bits per heavy atom. The zero-order valence-corrected chi connectivity index (χ0v) is 17.7. The van der Waals surface area contributed by atoms with E-state index in [0.29, 0.717) is 42.5 Å². The average Bonchev–Trinajstić information content (AvgIpc) is 2.92. The minimum Gasteiger partial charge on any atom is -0.490 e. The fraction of sp³-hybridized carbons (Fsp3) is 0.476. The summed E-state index contributed by atoms with van der Waals surface area (Å²) < 4.78 is 18.1. The summed E-state index contributed by atoms with van der Waals surface area (Å²) in [6.07, 6.45) is -0.283.